The molecule has 0 saturated carbocycles. The van der Waals surface area contributed by atoms with Crippen molar-refractivity contribution < 1.29 is 4.79 Å². The molecule has 3 heterocycles. The molecule has 156 valence electrons. The Morgan fingerprint density at radius 2 is 1.80 bits per heavy atom. The SMILES string of the molecule is Cc1cc(C)n(C)c(=O)c1C(=O)N1CCN(Cc2nc3ccccc3c(=O)[nH]2)CC1. The highest BCUT2D eigenvalue weighted by Gasteiger charge is 2.26. The highest BCUT2D eigenvalue weighted by molar-refractivity contribution is 5.95. The number of aromatic nitrogens is 3. The van der Waals surface area contributed by atoms with Gasteiger partial charge >= 0.3 is 0 Å². The predicted molar refractivity (Wildman–Crippen MR) is 115 cm³/mol. The second-order valence-electron chi connectivity index (χ2n) is 7.81. The molecule has 1 amide bonds. The third-order valence-electron chi connectivity index (χ3n) is 5.78. The maximum absolute atomic E-state index is 13.0. The lowest BCUT2D eigenvalue weighted by Crippen LogP contribution is -2.49. The number of H-pyrrole nitrogens is 1. The van der Waals surface area contributed by atoms with E-state index in [9.17, 15) is 14.4 Å². The number of nitrogens with one attached hydrogen (secondary N) is 1. The van der Waals surface area contributed by atoms with Gasteiger partial charge in [0.05, 0.1) is 17.4 Å². The summed E-state index contributed by atoms with van der Waals surface area (Å²) in [6, 6.07) is 9.13. The number of fused-ring (bicyclic) bond motifs is 1. The molecule has 0 bridgehead atoms. The van der Waals surface area contributed by atoms with Gasteiger partial charge in [-0.05, 0) is 37.6 Å². The Hall–Kier alpha value is -3.26. The van der Waals surface area contributed by atoms with E-state index in [1.54, 1.807) is 24.9 Å². The zero-order valence-electron chi connectivity index (χ0n) is 17.4. The van der Waals surface area contributed by atoms with E-state index in [2.05, 4.69) is 14.9 Å². The molecule has 1 N–H and O–H groups in total. The van der Waals surface area contributed by atoms with Gasteiger partial charge in [0.15, 0.2) is 0 Å². The summed E-state index contributed by atoms with van der Waals surface area (Å²) in [4.78, 5) is 49.1. The van der Waals surface area contributed by atoms with Crippen LogP contribution in [0.3, 0.4) is 0 Å². The second-order valence-corrected chi connectivity index (χ2v) is 7.81. The Morgan fingerprint density at radius 3 is 2.53 bits per heavy atom. The average molecular weight is 407 g/mol. The third kappa shape index (κ3) is 3.66. The number of piperazine rings is 1. The van der Waals surface area contributed by atoms with Gasteiger partial charge < -0.3 is 14.5 Å². The van der Waals surface area contributed by atoms with Crippen molar-refractivity contribution in [2.75, 3.05) is 26.2 Å². The molecule has 3 aromatic rings. The van der Waals surface area contributed by atoms with Crippen LogP contribution in [-0.2, 0) is 13.6 Å². The van der Waals surface area contributed by atoms with E-state index in [1.807, 2.05) is 31.2 Å². The first kappa shape index (κ1) is 20.0. The quantitative estimate of drug-likeness (QED) is 0.704. The van der Waals surface area contributed by atoms with Gasteiger partial charge in [-0.1, -0.05) is 12.1 Å². The van der Waals surface area contributed by atoms with Crippen LogP contribution in [0.1, 0.15) is 27.4 Å². The Morgan fingerprint density at radius 1 is 1.10 bits per heavy atom. The van der Waals surface area contributed by atoms with E-state index < -0.39 is 0 Å². The molecule has 1 aliphatic rings. The van der Waals surface area contributed by atoms with E-state index in [0.717, 1.165) is 5.69 Å². The average Bonchev–Trinajstić information content (AvgIpc) is 2.72. The van der Waals surface area contributed by atoms with Gasteiger partial charge in [-0.2, -0.15) is 0 Å². The first-order chi connectivity index (χ1) is 14.3. The maximum atomic E-state index is 13.0. The van der Waals surface area contributed by atoms with Crippen molar-refractivity contribution >= 4 is 16.8 Å². The van der Waals surface area contributed by atoms with Gasteiger partial charge in [-0.25, -0.2) is 4.98 Å². The molecule has 0 unspecified atom stereocenters. The molecule has 8 heteroatoms. The fraction of sp³-hybridized carbons (Fsp3) is 0.364. The molecule has 0 radical (unpaired) electrons. The van der Waals surface area contributed by atoms with Crippen LogP contribution in [0.4, 0.5) is 0 Å². The van der Waals surface area contributed by atoms with E-state index in [1.165, 1.54) is 4.57 Å². The summed E-state index contributed by atoms with van der Waals surface area (Å²) < 4.78 is 1.51. The fourth-order valence-electron chi connectivity index (χ4n) is 3.93. The zero-order chi connectivity index (χ0) is 21.4. The van der Waals surface area contributed by atoms with Crippen LogP contribution in [0.5, 0.6) is 0 Å². The number of carbonyl (C=O) groups excluding carboxylic acids is 1. The van der Waals surface area contributed by atoms with Crippen LogP contribution in [-0.4, -0.2) is 56.4 Å². The summed E-state index contributed by atoms with van der Waals surface area (Å²) in [5.41, 5.74) is 2.07. The van der Waals surface area contributed by atoms with E-state index in [0.29, 0.717) is 55.0 Å². The Kier molecular flexibility index (Phi) is 5.26. The fourth-order valence-corrected chi connectivity index (χ4v) is 3.93. The number of pyridine rings is 1. The first-order valence-electron chi connectivity index (χ1n) is 10.0. The van der Waals surface area contributed by atoms with Gasteiger partial charge in [-0.3, -0.25) is 19.3 Å². The van der Waals surface area contributed by atoms with Crippen LogP contribution in [0.2, 0.25) is 0 Å². The molecular formula is C22H25N5O3. The molecule has 0 atom stereocenters. The van der Waals surface area contributed by atoms with Crippen molar-refractivity contribution in [3.05, 3.63) is 73.7 Å². The van der Waals surface area contributed by atoms with Crippen molar-refractivity contribution in [2.45, 2.75) is 20.4 Å². The normalized spacial score (nSPS) is 15.0. The topological polar surface area (TPSA) is 91.3 Å². The summed E-state index contributed by atoms with van der Waals surface area (Å²) in [6.45, 7) is 6.50. The monoisotopic (exact) mass is 407 g/mol. The van der Waals surface area contributed by atoms with Gasteiger partial charge in [0.1, 0.15) is 11.4 Å². The number of benzene rings is 1. The lowest BCUT2D eigenvalue weighted by atomic mass is 10.1. The highest BCUT2D eigenvalue weighted by atomic mass is 16.2. The van der Waals surface area contributed by atoms with Crippen molar-refractivity contribution in [3.8, 4) is 0 Å². The number of hydrogen-bond acceptors (Lipinski definition) is 5. The van der Waals surface area contributed by atoms with Gasteiger partial charge in [0, 0.05) is 38.9 Å². The van der Waals surface area contributed by atoms with E-state index in [-0.39, 0.29) is 22.6 Å². The molecule has 0 aliphatic carbocycles. The number of carbonyl (C=O) groups is 1. The molecular weight excluding hydrogens is 382 g/mol. The number of amides is 1. The molecule has 30 heavy (non-hydrogen) atoms. The second kappa shape index (κ2) is 7.87. The molecule has 0 spiro atoms. The summed E-state index contributed by atoms with van der Waals surface area (Å²) in [7, 11) is 1.68. The lowest BCUT2D eigenvalue weighted by molar-refractivity contribution is 0.0622. The standard InChI is InChI=1S/C22H25N5O3/c1-14-12-15(2)25(3)21(29)19(14)22(30)27-10-8-26(9-11-27)13-18-23-17-7-5-4-6-16(17)20(28)24-18/h4-7,12H,8-11,13H2,1-3H3,(H,23,24,28). The molecule has 1 saturated heterocycles. The maximum Gasteiger partial charge on any atom is 0.263 e. The number of nitrogens with zero attached hydrogens (tertiary/aromatic N) is 4. The van der Waals surface area contributed by atoms with Crippen molar-refractivity contribution in [1.82, 2.24) is 24.3 Å². The zero-order valence-corrected chi connectivity index (χ0v) is 17.4. The largest absolute Gasteiger partial charge is 0.336 e. The van der Waals surface area contributed by atoms with Gasteiger partial charge in [-0.15, -0.1) is 0 Å². The summed E-state index contributed by atoms with van der Waals surface area (Å²) in [5, 5.41) is 0.576. The Bertz CT molecular complexity index is 1240. The Labute approximate surface area is 173 Å². The van der Waals surface area contributed by atoms with E-state index >= 15 is 0 Å². The number of para-hydroxylation sites is 1. The minimum atomic E-state index is -0.252. The van der Waals surface area contributed by atoms with Crippen LogP contribution in [0, 0.1) is 13.8 Å². The van der Waals surface area contributed by atoms with Crippen LogP contribution < -0.4 is 11.1 Å². The van der Waals surface area contributed by atoms with Crippen molar-refractivity contribution in [3.63, 3.8) is 0 Å². The van der Waals surface area contributed by atoms with Gasteiger partial charge in [0.2, 0.25) is 0 Å². The third-order valence-corrected chi connectivity index (χ3v) is 5.78. The molecule has 1 aromatic carbocycles. The van der Waals surface area contributed by atoms with Crippen molar-refractivity contribution in [2.24, 2.45) is 7.05 Å². The number of aryl methyl sites for hydroxylation is 2. The smallest absolute Gasteiger partial charge is 0.263 e. The van der Waals surface area contributed by atoms with Crippen molar-refractivity contribution in [1.29, 1.82) is 0 Å². The highest BCUT2D eigenvalue weighted by Crippen LogP contribution is 2.13. The minimum Gasteiger partial charge on any atom is -0.336 e. The number of aromatic amines is 1. The molecule has 2 aromatic heterocycles. The Balaban J connectivity index is 1.46. The van der Waals surface area contributed by atoms with E-state index in [4.69, 9.17) is 0 Å². The first-order valence-corrected chi connectivity index (χ1v) is 10.0. The summed E-state index contributed by atoms with van der Waals surface area (Å²) >= 11 is 0. The lowest BCUT2D eigenvalue weighted by Gasteiger charge is -2.34. The predicted octanol–water partition coefficient (Wildman–Crippen LogP) is 1.20. The molecule has 1 fully saturated rings. The van der Waals surface area contributed by atoms with Crippen LogP contribution in [0.25, 0.3) is 10.9 Å². The summed E-state index contributed by atoms with van der Waals surface area (Å²) in [5.74, 6) is 0.395. The molecule has 4 rings (SSSR count). The van der Waals surface area contributed by atoms with Gasteiger partial charge in [0.25, 0.3) is 17.0 Å². The number of hydrogen-bond donors (Lipinski definition) is 1. The summed E-state index contributed by atoms with van der Waals surface area (Å²) in [6.07, 6.45) is 0. The molecule has 1 aliphatic heterocycles. The van der Waals surface area contributed by atoms with Crippen LogP contribution >= 0.6 is 0 Å². The van der Waals surface area contributed by atoms with Crippen LogP contribution in [0.15, 0.2) is 39.9 Å². The number of rotatable bonds is 3. The minimum absolute atomic E-state index is 0.143. The molecule has 8 nitrogen and oxygen atoms in total.